The van der Waals surface area contributed by atoms with E-state index in [-0.39, 0.29) is 0 Å². The molecule has 0 saturated carbocycles. The van der Waals surface area contributed by atoms with E-state index in [1.54, 1.807) is 19.2 Å². The lowest BCUT2D eigenvalue weighted by molar-refractivity contribution is 0.580. The van der Waals surface area contributed by atoms with Crippen LogP contribution in [0.2, 0.25) is 0 Å². The first-order chi connectivity index (χ1) is 6.77. The minimum Gasteiger partial charge on any atom is -0.256 e. The Labute approximate surface area is 81.5 Å². The zero-order valence-corrected chi connectivity index (χ0v) is 7.74. The van der Waals surface area contributed by atoms with Crippen LogP contribution in [-0.2, 0) is 0 Å². The summed E-state index contributed by atoms with van der Waals surface area (Å²) in [7, 11) is 0. The predicted octanol–water partition coefficient (Wildman–Crippen LogP) is 2.59. The number of hydrogen-bond donors (Lipinski definition) is 0. The Morgan fingerprint density at radius 2 is 2.00 bits per heavy atom. The number of halogens is 1. The third kappa shape index (κ3) is 1.62. The zero-order chi connectivity index (χ0) is 9.97. The van der Waals surface area contributed by atoms with E-state index in [1.807, 2.05) is 18.2 Å². The number of aromatic nitrogens is 2. The maximum Gasteiger partial charge on any atom is 0.213 e. The molecule has 0 amide bonds. The second-order valence-electron chi connectivity index (χ2n) is 2.98. The summed E-state index contributed by atoms with van der Waals surface area (Å²) in [5, 5.41) is 0. The molecule has 0 aromatic carbocycles. The molecule has 0 radical (unpaired) electrons. The van der Waals surface area contributed by atoms with Gasteiger partial charge in [0.25, 0.3) is 0 Å². The monoisotopic (exact) mass is 188 g/mol. The van der Waals surface area contributed by atoms with Gasteiger partial charge < -0.3 is 0 Å². The predicted molar refractivity (Wildman–Crippen MR) is 52.2 cm³/mol. The minimum absolute atomic E-state index is 0.456. The Hall–Kier alpha value is -1.77. The smallest absolute Gasteiger partial charge is 0.213 e. The van der Waals surface area contributed by atoms with Gasteiger partial charge in [0, 0.05) is 17.5 Å². The second kappa shape index (κ2) is 3.54. The summed E-state index contributed by atoms with van der Waals surface area (Å²) in [4.78, 5) is 7.92. The van der Waals surface area contributed by atoms with Crippen molar-refractivity contribution in [2.75, 3.05) is 0 Å². The molecule has 0 unspecified atom stereocenters. The molecule has 70 valence electrons. The SMILES string of the molecule is Cc1nc(F)ccc1-c1ccccn1. The average Bonchev–Trinajstić information content (AvgIpc) is 2.19. The van der Waals surface area contributed by atoms with Gasteiger partial charge in [-0.15, -0.1) is 0 Å². The maximum absolute atomic E-state index is 12.7. The van der Waals surface area contributed by atoms with Crippen LogP contribution < -0.4 is 0 Å². The van der Waals surface area contributed by atoms with Crippen LogP contribution in [0.4, 0.5) is 4.39 Å². The van der Waals surface area contributed by atoms with Gasteiger partial charge in [0.05, 0.1) is 5.69 Å². The molecule has 0 aliphatic heterocycles. The van der Waals surface area contributed by atoms with Crippen molar-refractivity contribution in [1.82, 2.24) is 9.97 Å². The van der Waals surface area contributed by atoms with Crippen molar-refractivity contribution in [3.8, 4) is 11.3 Å². The Morgan fingerprint density at radius 1 is 1.14 bits per heavy atom. The third-order valence-electron chi connectivity index (χ3n) is 1.99. The standard InChI is InChI=1S/C11H9FN2/c1-8-9(5-6-11(12)14-8)10-4-2-3-7-13-10/h2-7H,1H3. The molecule has 0 aliphatic rings. The maximum atomic E-state index is 12.7. The fraction of sp³-hybridized carbons (Fsp3) is 0.0909. The van der Waals surface area contributed by atoms with E-state index >= 15 is 0 Å². The van der Waals surface area contributed by atoms with E-state index in [4.69, 9.17) is 0 Å². The van der Waals surface area contributed by atoms with Gasteiger partial charge in [-0.1, -0.05) is 6.07 Å². The number of aryl methyl sites for hydroxylation is 1. The summed E-state index contributed by atoms with van der Waals surface area (Å²) < 4.78 is 12.7. The Kier molecular flexibility index (Phi) is 2.23. The molecule has 0 aliphatic carbocycles. The zero-order valence-electron chi connectivity index (χ0n) is 7.74. The van der Waals surface area contributed by atoms with Gasteiger partial charge in [0.1, 0.15) is 0 Å². The molecule has 2 aromatic rings. The highest BCUT2D eigenvalue weighted by Crippen LogP contribution is 2.19. The van der Waals surface area contributed by atoms with Crippen LogP contribution in [-0.4, -0.2) is 9.97 Å². The third-order valence-corrected chi connectivity index (χ3v) is 1.99. The summed E-state index contributed by atoms with van der Waals surface area (Å²) in [5.41, 5.74) is 2.34. The van der Waals surface area contributed by atoms with Crippen LogP contribution in [0.1, 0.15) is 5.69 Å². The fourth-order valence-corrected chi connectivity index (χ4v) is 1.32. The summed E-state index contributed by atoms with van der Waals surface area (Å²) in [5.74, 6) is -0.456. The summed E-state index contributed by atoms with van der Waals surface area (Å²) in [6.07, 6.45) is 1.71. The first-order valence-electron chi connectivity index (χ1n) is 4.32. The number of nitrogens with zero attached hydrogens (tertiary/aromatic N) is 2. The lowest BCUT2D eigenvalue weighted by atomic mass is 10.1. The van der Waals surface area contributed by atoms with Gasteiger partial charge in [-0.05, 0) is 31.2 Å². The van der Waals surface area contributed by atoms with Crippen molar-refractivity contribution >= 4 is 0 Å². The molecule has 0 fully saturated rings. The van der Waals surface area contributed by atoms with Gasteiger partial charge in [-0.25, -0.2) is 4.98 Å². The molecule has 3 heteroatoms. The quantitative estimate of drug-likeness (QED) is 0.643. The van der Waals surface area contributed by atoms with Crippen LogP contribution in [0, 0.1) is 12.9 Å². The Bertz CT molecular complexity index is 440. The summed E-state index contributed by atoms with van der Waals surface area (Å²) >= 11 is 0. The van der Waals surface area contributed by atoms with E-state index in [0.29, 0.717) is 5.69 Å². The number of pyridine rings is 2. The largest absolute Gasteiger partial charge is 0.256 e. The second-order valence-corrected chi connectivity index (χ2v) is 2.98. The van der Waals surface area contributed by atoms with E-state index in [9.17, 15) is 4.39 Å². The molecule has 0 atom stereocenters. The van der Waals surface area contributed by atoms with Crippen LogP contribution in [0.15, 0.2) is 36.5 Å². The van der Waals surface area contributed by atoms with E-state index in [0.717, 1.165) is 11.3 Å². The highest BCUT2D eigenvalue weighted by atomic mass is 19.1. The van der Waals surface area contributed by atoms with Crippen LogP contribution >= 0.6 is 0 Å². The Morgan fingerprint density at radius 3 is 2.64 bits per heavy atom. The topological polar surface area (TPSA) is 25.8 Å². The highest BCUT2D eigenvalue weighted by Gasteiger charge is 2.04. The van der Waals surface area contributed by atoms with Crippen molar-refractivity contribution < 1.29 is 4.39 Å². The van der Waals surface area contributed by atoms with E-state index in [2.05, 4.69) is 9.97 Å². The number of hydrogen-bond acceptors (Lipinski definition) is 2. The van der Waals surface area contributed by atoms with Crippen LogP contribution in [0.3, 0.4) is 0 Å². The van der Waals surface area contributed by atoms with E-state index in [1.165, 1.54) is 6.07 Å². The molecule has 0 bridgehead atoms. The Balaban J connectivity index is 2.53. The minimum atomic E-state index is -0.456. The van der Waals surface area contributed by atoms with Crippen LogP contribution in [0.25, 0.3) is 11.3 Å². The first-order valence-corrected chi connectivity index (χ1v) is 4.32. The van der Waals surface area contributed by atoms with Crippen molar-refractivity contribution in [1.29, 1.82) is 0 Å². The average molecular weight is 188 g/mol. The molecule has 0 spiro atoms. The molecule has 2 aromatic heterocycles. The first kappa shape index (κ1) is 8.81. The molecular formula is C11H9FN2. The van der Waals surface area contributed by atoms with Gasteiger partial charge in [0.15, 0.2) is 0 Å². The highest BCUT2D eigenvalue weighted by molar-refractivity contribution is 5.60. The van der Waals surface area contributed by atoms with Gasteiger partial charge >= 0.3 is 0 Å². The lowest BCUT2D eigenvalue weighted by Gasteiger charge is -2.03. The van der Waals surface area contributed by atoms with Gasteiger partial charge in [0.2, 0.25) is 5.95 Å². The number of rotatable bonds is 1. The lowest BCUT2D eigenvalue weighted by Crippen LogP contribution is -1.92. The van der Waals surface area contributed by atoms with Crippen molar-refractivity contribution in [2.45, 2.75) is 6.92 Å². The molecule has 0 N–H and O–H groups in total. The summed E-state index contributed by atoms with van der Waals surface area (Å²) in [6.45, 7) is 1.77. The van der Waals surface area contributed by atoms with Crippen molar-refractivity contribution in [3.05, 3.63) is 48.2 Å². The molecule has 2 nitrogen and oxygen atoms in total. The molecule has 0 saturated heterocycles. The molecule has 14 heavy (non-hydrogen) atoms. The normalized spacial score (nSPS) is 10.1. The van der Waals surface area contributed by atoms with Crippen molar-refractivity contribution in [2.24, 2.45) is 0 Å². The van der Waals surface area contributed by atoms with E-state index < -0.39 is 5.95 Å². The fourth-order valence-electron chi connectivity index (χ4n) is 1.32. The van der Waals surface area contributed by atoms with Crippen LogP contribution in [0.5, 0.6) is 0 Å². The molecular weight excluding hydrogens is 179 g/mol. The van der Waals surface area contributed by atoms with Gasteiger partial charge in [-0.2, -0.15) is 4.39 Å². The molecule has 2 rings (SSSR count). The molecule has 2 heterocycles. The van der Waals surface area contributed by atoms with Gasteiger partial charge in [-0.3, -0.25) is 4.98 Å². The summed E-state index contributed by atoms with van der Waals surface area (Å²) in [6, 6.07) is 8.65. The van der Waals surface area contributed by atoms with Crippen molar-refractivity contribution in [3.63, 3.8) is 0 Å².